The first-order valence-corrected chi connectivity index (χ1v) is 9.89. The summed E-state index contributed by atoms with van der Waals surface area (Å²) < 4.78 is 0. The standard InChI is InChI=1S/C19H19ClN4OS/c1-13-12-26-19(22-13)24-9-3-8-23(10-11-24)18(25)15-5-6-16(20)14-4-2-7-21-17(14)15/h2,4-7,12H,3,8-11H2,1H3. The number of hydrogen-bond acceptors (Lipinski definition) is 5. The lowest BCUT2D eigenvalue weighted by molar-refractivity contribution is 0.0769. The van der Waals surface area contributed by atoms with Crippen molar-refractivity contribution in [1.82, 2.24) is 14.9 Å². The van der Waals surface area contributed by atoms with Gasteiger partial charge in [0.1, 0.15) is 0 Å². The van der Waals surface area contributed by atoms with E-state index in [2.05, 4.69) is 20.2 Å². The Kier molecular flexibility index (Phi) is 4.78. The highest BCUT2D eigenvalue weighted by molar-refractivity contribution is 7.13. The Bertz CT molecular complexity index is 958. The second-order valence-electron chi connectivity index (χ2n) is 6.40. The van der Waals surface area contributed by atoms with Crippen molar-refractivity contribution in [2.75, 3.05) is 31.1 Å². The van der Waals surface area contributed by atoms with E-state index in [1.807, 2.05) is 24.0 Å². The lowest BCUT2D eigenvalue weighted by atomic mass is 10.1. The van der Waals surface area contributed by atoms with Crippen molar-refractivity contribution in [3.8, 4) is 0 Å². The van der Waals surface area contributed by atoms with Gasteiger partial charge in [0.05, 0.1) is 21.8 Å². The lowest BCUT2D eigenvalue weighted by Gasteiger charge is -2.22. The van der Waals surface area contributed by atoms with Crippen LogP contribution in [0, 0.1) is 6.92 Å². The Labute approximate surface area is 161 Å². The van der Waals surface area contributed by atoms with Gasteiger partial charge in [0, 0.05) is 43.1 Å². The molecule has 0 aliphatic carbocycles. The molecule has 4 rings (SSSR count). The smallest absolute Gasteiger partial charge is 0.256 e. The quantitative estimate of drug-likeness (QED) is 0.667. The number of anilines is 1. The van der Waals surface area contributed by atoms with Gasteiger partial charge < -0.3 is 9.80 Å². The molecule has 1 saturated heterocycles. The van der Waals surface area contributed by atoms with Crippen LogP contribution in [0.4, 0.5) is 5.13 Å². The van der Waals surface area contributed by atoms with Crippen LogP contribution in [0.15, 0.2) is 35.8 Å². The summed E-state index contributed by atoms with van der Waals surface area (Å²) in [6.45, 7) is 5.12. The van der Waals surface area contributed by atoms with Crippen LogP contribution in [-0.2, 0) is 0 Å². The van der Waals surface area contributed by atoms with E-state index in [9.17, 15) is 4.79 Å². The minimum absolute atomic E-state index is 0.0162. The van der Waals surface area contributed by atoms with Crippen molar-refractivity contribution in [2.24, 2.45) is 0 Å². The van der Waals surface area contributed by atoms with E-state index in [1.54, 1.807) is 29.7 Å². The Hall–Kier alpha value is -2.18. The zero-order valence-corrected chi connectivity index (χ0v) is 16.1. The predicted molar refractivity (Wildman–Crippen MR) is 106 cm³/mol. The van der Waals surface area contributed by atoms with E-state index in [0.29, 0.717) is 22.6 Å². The summed E-state index contributed by atoms with van der Waals surface area (Å²) in [5.41, 5.74) is 2.33. The molecule has 3 heterocycles. The Morgan fingerprint density at radius 3 is 2.88 bits per heavy atom. The van der Waals surface area contributed by atoms with E-state index < -0.39 is 0 Å². The van der Waals surface area contributed by atoms with Gasteiger partial charge in [-0.05, 0) is 37.6 Å². The van der Waals surface area contributed by atoms with Crippen molar-refractivity contribution < 1.29 is 4.79 Å². The summed E-state index contributed by atoms with van der Waals surface area (Å²) in [7, 11) is 0. The van der Waals surface area contributed by atoms with Crippen molar-refractivity contribution >= 4 is 44.9 Å². The maximum absolute atomic E-state index is 13.1. The molecule has 1 fully saturated rings. The predicted octanol–water partition coefficient (Wildman–Crippen LogP) is 4.01. The van der Waals surface area contributed by atoms with Crippen LogP contribution in [0.3, 0.4) is 0 Å². The van der Waals surface area contributed by atoms with Crippen LogP contribution in [0.1, 0.15) is 22.5 Å². The van der Waals surface area contributed by atoms with Gasteiger partial charge in [-0.3, -0.25) is 9.78 Å². The summed E-state index contributed by atoms with van der Waals surface area (Å²) in [5.74, 6) is 0.0162. The number of nitrogens with zero attached hydrogens (tertiary/aromatic N) is 4. The number of halogens is 1. The number of aromatic nitrogens is 2. The molecule has 134 valence electrons. The largest absolute Gasteiger partial charge is 0.346 e. The average Bonchev–Trinajstić information content (AvgIpc) is 2.94. The SMILES string of the molecule is Cc1csc(N2CCCN(C(=O)c3ccc(Cl)c4cccnc34)CC2)n1. The molecule has 5 nitrogen and oxygen atoms in total. The molecule has 1 aromatic carbocycles. The molecule has 0 radical (unpaired) electrons. The van der Waals surface area contributed by atoms with E-state index in [4.69, 9.17) is 11.6 Å². The minimum atomic E-state index is 0.0162. The average molecular weight is 387 g/mol. The van der Waals surface area contributed by atoms with E-state index >= 15 is 0 Å². The first-order chi connectivity index (χ1) is 12.6. The molecule has 1 aliphatic heterocycles. The number of benzene rings is 1. The maximum atomic E-state index is 13.1. The van der Waals surface area contributed by atoms with Crippen LogP contribution in [0.2, 0.25) is 5.02 Å². The van der Waals surface area contributed by atoms with Crippen LogP contribution in [0.5, 0.6) is 0 Å². The van der Waals surface area contributed by atoms with Crippen molar-refractivity contribution in [2.45, 2.75) is 13.3 Å². The molecule has 0 unspecified atom stereocenters. The van der Waals surface area contributed by atoms with Crippen LogP contribution in [0.25, 0.3) is 10.9 Å². The Morgan fingerprint density at radius 2 is 2.08 bits per heavy atom. The Morgan fingerprint density at radius 1 is 1.19 bits per heavy atom. The number of amides is 1. The second-order valence-corrected chi connectivity index (χ2v) is 7.64. The number of carbonyl (C=O) groups is 1. The van der Waals surface area contributed by atoms with Gasteiger partial charge in [0.15, 0.2) is 5.13 Å². The van der Waals surface area contributed by atoms with Gasteiger partial charge in [0.25, 0.3) is 5.91 Å². The fourth-order valence-corrected chi connectivity index (χ4v) is 4.35. The first-order valence-electron chi connectivity index (χ1n) is 8.63. The van der Waals surface area contributed by atoms with E-state index in [0.717, 1.165) is 42.3 Å². The molecule has 3 aromatic rings. The molecule has 26 heavy (non-hydrogen) atoms. The van der Waals surface area contributed by atoms with Gasteiger partial charge in [-0.25, -0.2) is 4.98 Å². The van der Waals surface area contributed by atoms with Gasteiger partial charge in [-0.1, -0.05) is 11.6 Å². The molecule has 1 amide bonds. The molecule has 0 N–H and O–H groups in total. The molecular weight excluding hydrogens is 368 g/mol. The number of aryl methyl sites for hydroxylation is 1. The molecule has 7 heteroatoms. The van der Waals surface area contributed by atoms with Crippen molar-refractivity contribution in [3.05, 3.63) is 52.1 Å². The summed E-state index contributed by atoms with van der Waals surface area (Å²) in [6.07, 6.45) is 2.62. The fraction of sp³-hybridized carbons (Fsp3) is 0.316. The molecule has 0 saturated carbocycles. The molecule has 1 aliphatic rings. The number of hydrogen-bond donors (Lipinski definition) is 0. The zero-order chi connectivity index (χ0) is 18.1. The first kappa shape index (κ1) is 17.2. The van der Waals surface area contributed by atoms with Gasteiger partial charge in [-0.2, -0.15) is 0 Å². The highest BCUT2D eigenvalue weighted by Crippen LogP contribution is 2.26. The highest BCUT2D eigenvalue weighted by atomic mass is 35.5. The third kappa shape index (κ3) is 3.27. The number of thiazole rings is 1. The molecule has 0 atom stereocenters. The normalized spacial score (nSPS) is 15.3. The van der Waals surface area contributed by atoms with Crippen LogP contribution in [-0.4, -0.2) is 47.0 Å². The number of rotatable bonds is 2. The van der Waals surface area contributed by atoms with Gasteiger partial charge >= 0.3 is 0 Å². The summed E-state index contributed by atoms with van der Waals surface area (Å²) in [4.78, 5) is 26.3. The number of carbonyl (C=O) groups excluding carboxylic acids is 1. The fourth-order valence-electron chi connectivity index (χ4n) is 3.28. The molecule has 0 spiro atoms. The lowest BCUT2D eigenvalue weighted by Crippen LogP contribution is -2.35. The third-order valence-corrected chi connectivity index (χ3v) is 5.96. The van der Waals surface area contributed by atoms with Gasteiger partial charge in [0.2, 0.25) is 0 Å². The number of pyridine rings is 1. The van der Waals surface area contributed by atoms with Crippen LogP contribution < -0.4 is 4.90 Å². The molecular formula is C19H19ClN4OS. The van der Waals surface area contributed by atoms with Crippen molar-refractivity contribution in [1.29, 1.82) is 0 Å². The van der Waals surface area contributed by atoms with Crippen molar-refractivity contribution in [3.63, 3.8) is 0 Å². The highest BCUT2D eigenvalue weighted by Gasteiger charge is 2.23. The molecule has 2 aromatic heterocycles. The summed E-state index contributed by atoms with van der Waals surface area (Å²) >= 11 is 7.92. The second kappa shape index (κ2) is 7.21. The van der Waals surface area contributed by atoms with Crippen LogP contribution >= 0.6 is 22.9 Å². The van der Waals surface area contributed by atoms with Gasteiger partial charge in [-0.15, -0.1) is 11.3 Å². The topological polar surface area (TPSA) is 49.3 Å². The third-order valence-electron chi connectivity index (χ3n) is 4.61. The monoisotopic (exact) mass is 386 g/mol. The summed E-state index contributed by atoms with van der Waals surface area (Å²) in [5, 5.41) is 4.53. The summed E-state index contributed by atoms with van der Waals surface area (Å²) in [6, 6.07) is 7.30. The maximum Gasteiger partial charge on any atom is 0.256 e. The van der Waals surface area contributed by atoms with E-state index in [-0.39, 0.29) is 5.91 Å². The number of fused-ring (bicyclic) bond motifs is 1. The minimum Gasteiger partial charge on any atom is -0.346 e. The molecule has 0 bridgehead atoms. The Balaban J connectivity index is 1.57. The zero-order valence-electron chi connectivity index (χ0n) is 14.5. The van der Waals surface area contributed by atoms with E-state index in [1.165, 1.54) is 0 Å².